The van der Waals surface area contributed by atoms with Gasteiger partial charge in [-0.05, 0) is 63.6 Å². The Hall–Kier alpha value is -4.57. The highest BCUT2D eigenvalue weighted by Crippen LogP contribution is 2.52. The first-order valence-electron chi connectivity index (χ1n) is 12.1. The predicted molar refractivity (Wildman–Crippen MR) is 140 cm³/mol. The Morgan fingerprint density at radius 1 is 0.657 bits per heavy atom. The maximum Gasteiger partial charge on any atom is 0.146 e. The van der Waals surface area contributed by atoms with E-state index in [-0.39, 0.29) is 0 Å². The van der Waals surface area contributed by atoms with Gasteiger partial charge in [0.05, 0.1) is 22.1 Å². The van der Waals surface area contributed by atoms with Gasteiger partial charge in [0.1, 0.15) is 5.65 Å². The first-order valence-corrected chi connectivity index (χ1v) is 12.1. The van der Waals surface area contributed by atoms with Gasteiger partial charge in [-0.15, -0.1) is 0 Å². The van der Waals surface area contributed by atoms with E-state index in [9.17, 15) is 0 Å². The Balaban J connectivity index is 1.60. The molecule has 4 heterocycles. The van der Waals surface area contributed by atoms with Crippen molar-refractivity contribution in [2.24, 2.45) is 0 Å². The minimum absolute atomic E-state index is 0.922. The molecule has 35 heavy (non-hydrogen) atoms. The number of rotatable bonds is 0. The van der Waals surface area contributed by atoms with E-state index in [4.69, 9.17) is 9.97 Å². The van der Waals surface area contributed by atoms with E-state index in [1.807, 2.05) is 24.7 Å². The van der Waals surface area contributed by atoms with Gasteiger partial charge in [0.2, 0.25) is 0 Å². The zero-order valence-corrected chi connectivity index (χ0v) is 18.8. The van der Waals surface area contributed by atoms with Crippen LogP contribution in [0.4, 0.5) is 0 Å². The van der Waals surface area contributed by atoms with Crippen molar-refractivity contribution >= 4 is 38.5 Å². The SMILES string of the molecule is c1ccc2c(c1)Cc1c-2c2c(c3c1nc1c4ccncc4c4ncccc4n13)-c1ccccc1C2. The van der Waals surface area contributed by atoms with Gasteiger partial charge < -0.3 is 0 Å². The predicted octanol–water partition coefficient (Wildman–Crippen LogP) is 6.73. The van der Waals surface area contributed by atoms with Crippen molar-refractivity contribution in [2.45, 2.75) is 12.8 Å². The number of pyridine rings is 3. The second-order valence-corrected chi connectivity index (χ2v) is 9.64. The van der Waals surface area contributed by atoms with Crippen molar-refractivity contribution in [1.29, 1.82) is 0 Å². The van der Waals surface area contributed by atoms with Crippen molar-refractivity contribution < 1.29 is 0 Å². The van der Waals surface area contributed by atoms with E-state index in [1.54, 1.807) is 0 Å². The number of hydrogen-bond donors (Lipinski definition) is 0. The lowest BCUT2D eigenvalue weighted by Gasteiger charge is -2.13. The maximum absolute atomic E-state index is 5.41. The van der Waals surface area contributed by atoms with Gasteiger partial charge in [0.25, 0.3) is 0 Å². The molecule has 0 saturated carbocycles. The van der Waals surface area contributed by atoms with Gasteiger partial charge in [0, 0.05) is 41.3 Å². The summed E-state index contributed by atoms with van der Waals surface area (Å²) in [6.45, 7) is 0. The topological polar surface area (TPSA) is 43.1 Å². The molecule has 0 N–H and O–H groups in total. The third-order valence-corrected chi connectivity index (χ3v) is 7.96. The molecule has 0 unspecified atom stereocenters. The van der Waals surface area contributed by atoms with Gasteiger partial charge in [-0.1, -0.05) is 48.5 Å². The lowest BCUT2D eigenvalue weighted by molar-refractivity contribution is 1.24. The minimum Gasteiger partial charge on any atom is -0.289 e. The Morgan fingerprint density at radius 3 is 2.29 bits per heavy atom. The first-order chi connectivity index (χ1) is 17.4. The Bertz CT molecular complexity index is 2070. The third kappa shape index (κ3) is 2.07. The van der Waals surface area contributed by atoms with E-state index in [0.29, 0.717) is 0 Å². The molecule has 0 radical (unpaired) electrons. The highest BCUT2D eigenvalue weighted by molar-refractivity contribution is 6.15. The molecule has 4 aromatic heterocycles. The monoisotopic (exact) mass is 446 g/mol. The molecule has 0 atom stereocenters. The highest BCUT2D eigenvalue weighted by atomic mass is 15.0. The van der Waals surface area contributed by atoms with Crippen LogP contribution in [0.5, 0.6) is 0 Å². The molecule has 0 amide bonds. The average Bonchev–Trinajstić information content (AvgIpc) is 3.60. The van der Waals surface area contributed by atoms with E-state index >= 15 is 0 Å². The number of benzene rings is 3. The molecule has 162 valence electrons. The van der Waals surface area contributed by atoms with Gasteiger partial charge in [-0.25, -0.2) is 4.98 Å². The van der Waals surface area contributed by atoms with Crippen LogP contribution in [0.15, 0.2) is 85.3 Å². The van der Waals surface area contributed by atoms with Crippen molar-refractivity contribution in [2.75, 3.05) is 0 Å². The van der Waals surface area contributed by atoms with Crippen LogP contribution in [0.2, 0.25) is 0 Å². The molecule has 0 saturated heterocycles. The summed E-state index contributed by atoms with van der Waals surface area (Å²) in [5.74, 6) is 0. The lowest BCUT2D eigenvalue weighted by Crippen LogP contribution is -1.96. The average molecular weight is 447 g/mol. The molecule has 7 aromatic rings. The molecule has 9 rings (SSSR count). The van der Waals surface area contributed by atoms with Gasteiger partial charge in [0.15, 0.2) is 0 Å². The molecule has 4 nitrogen and oxygen atoms in total. The second-order valence-electron chi connectivity index (χ2n) is 9.64. The molecule has 3 aromatic carbocycles. The smallest absolute Gasteiger partial charge is 0.146 e. The summed E-state index contributed by atoms with van der Waals surface area (Å²) >= 11 is 0. The van der Waals surface area contributed by atoms with Crippen LogP contribution in [0, 0.1) is 0 Å². The van der Waals surface area contributed by atoms with E-state index in [1.165, 1.54) is 50.0 Å². The minimum atomic E-state index is 0.922. The molecule has 4 heteroatoms. The van der Waals surface area contributed by atoms with Crippen LogP contribution in [0.1, 0.15) is 22.3 Å². The fourth-order valence-corrected chi connectivity index (χ4v) is 6.59. The molecule has 2 aliphatic rings. The van der Waals surface area contributed by atoms with Crippen LogP contribution in [-0.2, 0) is 12.8 Å². The number of hydrogen-bond acceptors (Lipinski definition) is 3. The Kier molecular flexibility index (Phi) is 3.11. The number of fused-ring (bicyclic) bond motifs is 17. The van der Waals surface area contributed by atoms with Crippen molar-refractivity contribution in [1.82, 2.24) is 19.4 Å². The van der Waals surface area contributed by atoms with Crippen LogP contribution < -0.4 is 0 Å². The maximum atomic E-state index is 5.41. The van der Waals surface area contributed by atoms with Crippen molar-refractivity contribution in [3.63, 3.8) is 0 Å². The zero-order valence-electron chi connectivity index (χ0n) is 18.8. The van der Waals surface area contributed by atoms with Gasteiger partial charge >= 0.3 is 0 Å². The second kappa shape index (κ2) is 6.10. The molecule has 2 aliphatic carbocycles. The fourth-order valence-electron chi connectivity index (χ4n) is 6.59. The zero-order chi connectivity index (χ0) is 22.7. The summed E-state index contributed by atoms with van der Waals surface area (Å²) in [6.07, 6.45) is 7.53. The Labute approximate surface area is 200 Å². The molecular weight excluding hydrogens is 428 g/mol. The number of nitrogens with zero attached hydrogens (tertiary/aromatic N) is 4. The quantitative estimate of drug-likeness (QED) is 0.243. The normalized spacial score (nSPS) is 13.5. The molecule has 0 aliphatic heterocycles. The van der Waals surface area contributed by atoms with E-state index in [0.717, 1.165) is 45.8 Å². The van der Waals surface area contributed by atoms with Crippen LogP contribution in [-0.4, -0.2) is 19.4 Å². The first kappa shape index (κ1) is 17.8. The van der Waals surface area contributed by atoms with E-state index < -0.39 is 0 Å². The number of aromatic nitrogens is 4. The van der Waals surface area contributed by atoms with Crippen molar-refractivity contribution in [3.8, 4) is 22.3 Å². The van der Waals surface area contributed by atoms with Crippen LogP contribution >= 0.6 is 0 Å². The van der Waals surface area contributed by atoms with Crippen molar-refractivity contribution in [3.05, 3.63) is 108 Å². The molecule has 0 fully saturated rings. The van der Waals surface area contributed by atoms with E-state index in [2.05, 4.69) is 70.0 Å². The molecule has 0 spiro atoms. The summed E-state index contributed by atoms with van der Waals surface area (Å²) in [6, 6.07) is 24.0. The summed E-state index contributed by atoms with van der Waals surface area (Å²) in [4.78, 5) is 14.6. The third-order valence-electron chi connectivity index (χ3n) is 7.96. The largest absolute Gasteiger partial charge is 0.289 e. The number of imidazole rings is 1. The molecular formula is C31H18N4. The summed E-state index contributed by atoms with van der Waals surface area (Å²) in [7, 11) is 0. The standard InChI is InChI=1S/C31H18N4/c1-3-8-19-18(7-1)15-23-26(19)22-14-17-6-2-4-9-20(17)27(22)30-29(23)34-31-21-11-13-32-16-24(21)28-25(35(30)31)10-5-12-33-28/h1-13,16H,14-15H2. The summed E-state index contributed by atoms with van der Waals surface area (Å²) in [5, 5.41) is 2.13. The molecule has 0 bridgehead atoms. The lowest BCUT2D eigenvalue weighted by atomic mass is 9.93. The van der Waals surface area contributed by atoms with Gasteiger partial charge in [-0.2, -0.15) is 0 Å². The summed E-state index contributed by atoms with van der Waals surface area (Å²) < 4.78 is 2.37. The van der Waals surface area contributed by atoms with Crippen LogP contribution in [0.3, 0.4) is 0 Å². The highest BCUT2D eigenvalue weighted by Gasteiger charge is 2.34. The van der Waals surface area contributed by atoms with Crippen LogP contribution in [0.25, 0.3) is 60.7 Å². The summed E-state index contributed by atoms with van der Waals surface area (Å²) in [5.41, 5.74) is 16.3. The Morgan fingerprint density at radius 2 is 1.43 bits per heavy atom. The fraction of sp³-hybridized carbons (Fsp3) is 0.0645. The van der Waals surface area contributed by atoms with Gasteiger partial charge in [-0.3, -0.25) is 14.4 Å².